The molecule has 0 N–H and O–H groups in total. The minimum atomic E-state index is -4.50. The zero-order valence-corrected chi connectivity index (χ0v) is 10.5. The number of hydrogen-bond donors (Lipinski definition) is 0. The van der Waals surface area contributed by atoms with Crippen LogP contribution in [-0.2, 0) is 6.18 Å². The summed E-state index contributed by atoms with van der Waals surface area (Å²) in [7, 11) is 0. The van der Waals surface area contributed by atoms with Crippen molar-refractivity contribution < 1.29 is 17.9 Å². The first-order chi connectivity index (χ1) is 8.86. The molecule has 1 aromatic heterocycles. The largest absolute Gasteiger partial charge is 0.438 e. The highest BCUT2D eigenvalue weighted by molar-refractivity contribution is 6.28. The molecule has 0 fully saturated rings. The van der Waals surface area contributed by atoms with E-state index in [4.69, 9.17) is 16.3 Å². The second-order valence-corrected chi connectivity index (χ2v) is 4.05. The van der Waals surface area contributed by atoms with E-state index < -0.39 is 11.7 Å². The van der Waals surface area contributed by atoms with Gasteiger partial charge in [-0.1, -0.05) is 12.1 Å². The van der Waals surface area contributed by atoms with Gasteiger partial charge >= 0.3 is 6.18 Å². The molecule has 0 aliphatic heterocycles. The number of alkyl halides is 3. The van der Waals surface area contributed by atoms with E-state index >= 15 is 0 Å². The molecule has 0 spiro atoms. The Bertz CT molecular complexity index is 582. The van der Waals surface area contributed by atoms with Gasteiger partial charge in [-0.25, -0.2) is 4.98 Å². The van der Waals surface area contributed by atoms with Crippen LogP contribution in [0.3, 0.4) is 0 Å². The number of rotatable bonds is 2. The number of aryl methyl sites for hydroxylation is 1. The van der Waals surface area contributed by atoms with E-state index in [-0.39, 0.29) is 16.9 Å². The van der Waals surface area contributed by atoms with Crippen LogP contribution in [0, 0.1) is 6.92 Å². The summed E-state index contributed by atoms with van der Waals surface area (Å²) in [5.41, 5.74) is -0.373. The summed E-state index contributed by atoms with van der Waals surface area (Å²) in [5, 5.41) is -0.0838. The zero-order valence-electron chi connectivity index (χ0n) is 9.70. The third-order valence-corrected chi connectivity index (χ3v) is 2.38. The number of para-hydroxylation sites is 1. The van der Waals surface area contributed by atoms with Gasteiger partial charge in [-0.3, -0.25) is 0 Å². The molecular weight excluding hydrogens is 281 g/mol. The van der Waals surface area contributed by atoms with Gasteiger partial charge in [0.2, 0.25) is 11.2 Å². The molecule has 0 radical (unpaired) electrons. The molecule has 0 aliphatic carbocycles. The Labute approximate surface area is 112 Å². The Morgan fingerprint density at radius 2 is 1.84 bits per heavy atom. The summed E-state index contributed by atoms with van der Waals surface area (Å²) in [6, 6.07) is 6.28. The number of hydrogen-bond acceptors (Lipinski definition) is 3. The minimum absolute atomic E-state index is 0.0331. The molecule has 0 atom stereocenters. The van der Waals surface area contributed by atoms with Gasteiger partial charge in [0.25, 0.3) is 0 Å². The Morgan fingerprint density at radius 3 is 2.47 bits per heavy atom. The number of benzene rings is 1. The lowest BCUT2D eigenvalue weighted by atomic mass is 10.2. The van der Waals surface area contributed by atoms with E-state index in [1.54, 1.807) is 6.92 Å². The summed E-state index contributed by atoms with van der Waals surface area (Å²) in [4.78, 5) is 7.52. The molecule has 100 valence electrons. The lowest BCUT2D eigenvalue weighted by Crippen LogP contribution is -2.07. The number of aromatic nitrogens is 2. The van der Waals surface area contributed by atoms with E-state index in [9.17, 15) is 13.2 Å². The van der Waals surface area contributed by atoms with Crippen LogP contribution < -0.4 is 4.74 Å². The van der Waals surface area contributed by atoms with Gasteiger partial charge in [0.15, 0.2) is 0 Å². The normalized spacial score (nSPS) is 11.4. The summed E-state index contributed by atoms with van der Waals surface area (Å²) < 4.78 is 43.5. The molecule has 0 saturated carbocycles. The van der Waals surface area contributed by atoms with Crippen molar-refractivity contribution >= 4 is 11.6 Å². The van der Waals surface area contributed by atoms with Crippen molar-refractivity contribution in [3.8, 4) is 11.6 Å². The summed E-state index contributed by atoms with van der Waals surface area (Å²) in [5.74, 6) is -0.363. The molecule has 1 heterocycles. The highest BCUT2D eigenvalue weighted by Crippen LogP contribution is 2.37. The van der Waals surface area contributed by atoms with Crippen molar-refractivity contribution in [2.45, 2.75) is 13.1 Å². The van der Waals surface area contributed by atoms with Crippen molar-refractivity contribution in [2.24, 2.45) is 0 Å². The summed E-state index contributed by atoms with van der Waals surface area (Å²) in [6.07, 6.45) is -4.50. The highest BCUT2D eigenvalue weighted by Gasteiger charge is 2.34. The first-order valence-electron chi connectivity index (χ1n) is 5.21. The average molecular weight is 289 g/mol. The quantitative estimate of drug-likeness (QED) is 0.775. The summed E-state index contributed by atoms with van der Waals surface area (Å²) >= 11 is 5.62. The van der Waals surface area contributed by atoms with Gasteiger partial charge in [0.05, 0.1) is 5.56 Å². The van der Waals surface area contributed by atoms with Crippen LogP contribution >= 0.6 is 11.6 Å². The van der Waals surface area contributed by atoms with Crippen LogP contribution in [0.4, 0.5) is 13.2 Å². The maximum absolute atomic E-state index is 12.8. The molecule has 0 unspecified atom stereocenters. The molecule has 1 aromatic carbocycles. The smallest absolute Gasteiger partial charge is 0.419 e. The van der Waals surface area contributed by atoms with Crippen molar-refractivity contribution in [2.75, 3.05) is 0 Å². The second kappa shape index (κ2) is 5.05. The van der Waals surface area contributed by atoms with Crippen molar-refractivity contribution in [1.29, 1.82) is 0 Å². The molecule has 0 bridgehead atoms. The summed E-state index contributed by atoms with van der Waals surface area (Å²) in [6.45, 7) is 1.64. The zero-order chi connectivity index (χ0) is 14.0. The maximum atomic E-state index is 12.8. The Kier molecular flexibility index (Phi) is 3.61. The van der Waals surface area contributed by atoms with Gasteiger partial charge in [0, 0.05) is 11.8 Å². The third kappa shape index (κ3) is 3.35. The SMILES string of the molecule is Cc1cc(Oc2ccccc2C(F)(F)F)nc(Cl)n1. The second-order valence-electron chi connectivity index (χ2n) is 3.71. The molecule has 2 rings (SSSR count). The first kappa shape index (κ1) is 13.6. The van der Waals surface area contributed by atoms with Crippen molar-refractivity contribution in [1.82, 2.24) is 9.97 Å². The fourth-order valence-electron chi connectivity index (χ4n) is 1.46. The highest BCUT2D eigenvalue weighted by atomic mass is 35.5. The molecule has 0 saturated heterocycles. The molecule has 2 aromatic rings. The number of ether oxygens (including phenoxy) is 1. The fraction of sp³-hybridized carbons (Fsp3) is 0.167. The molecule has 3 nitrogen and oxygen atoms in total. The van der Waals surface area contributed by atoms with Gasteiger partial charge in [-0.2, -0.15) is 18.2 Å². The van der Waals surface area contributed by atoms with Crippen molar-refractivity contribution in [3.63, 3.8) is 0 Å². The van der Waals surface area contributed by atoms with E-state index in [1.807, 2.05) is 0 Å². The molecule has 0 amide bonds. The minimum Gasteiger partial charge on any atom is -0.438 e. The molecule has 0 aliphatic rings. The Hall–Kier alpha value is -1.82. The topological polar surface area (TPSA) is 35.0 Å². The van der Waals surface area contributed by atoms with Crippen LogP contribution in [0.5, 0.6) is 11.6 Å². The van der Waals surface area contributed by atoms with E-state index in [1.165, 1.54) is 24.3 Å². The number of nitrogens with zero attached hydrogens (tertiary/aromatic N) is 2. The van der Waals surface area contributed by atoms with E-state index in [0.29, 0.717) is 5.69 Å². The van der Waals surface area contributed by atoms with Crippen LogP contribution in [-0.4, -0.2) is 9.97 Å². The predicted molar refractivity (Wildman–Crippen MR) is 63.3 cm³/mol. The lowest BCUT2D eigenvalue weighted by Gasteiger charge is -2.12. The van der Waals surface area contributed by atoms with Gasteiger partial charge in [0.1, 0.15) is 5.75 Å². The maximum Gasteiger partial charge on any atom is 0.419 e. The molecule has 7 heteroatoms. The fourth-order valence-corrected chi connectivity index (χ4v) is 1.68. The first-order valence-corrected chi connectivity index (χ1v) is 5.59. The van der Waals surface area contributed by atoms with Crippen LogP contribution in [0.2, 0.25) is 5.28 Å². The van der Waals surface area contributed by atoms with Crippen LogP contribution in [0.25, 0.3) is 0 Å². The van der Waals surface area contributed by atoms with Gasteiger partial charge < -0.3 is 4.74 Å². The van der Waals surface area contributed by atoms with Crippen molar-refractivity contribution in [3.05, 3.63) is 46.9 Å². The van der Waals surface area contributed by atoms with E-state index in [0.717, 1.165) is 6.07 Å². The van der Waals surface area contributed by atoms with Crippen LogP contribution in [0.15, 0.2) is 30.3 Å². The monoisotopic (exact) mass is 288 g/mol. The standard InChI is InChI=1S/C12H8ClF3N2O/c1-7-6-10(18-11(13)17-7)19-9-5-3-2-4-8(9)12(14,15)16/h2-6H,1H3. The Balaban J connectivity index is 2.38. The lowest BCUT2D eigenvalue weighted by molar-refractivity contribution is -0.138. The van der Waals surface area contributed by atoms with Gasteiger partial charge in [-0.15, -0.1) is 0 Å². The molecular formula is C12H8ClF3N2O. The Morgan fingerprint density at radius 1 is 1.16 bits per heavy atom. The van der Waals surface area contributed by atoms with E-state index in [2.05, 4.69) is 9.97 Å². The van der Waals surface area contributed by atoms with Gasteiger partial charge in [-0.05, 0) is 30.7 Å². The third-order valence-electron chi connectivity index (χ3n) is 2.21. The number of halogens is 4. The van der Waals surface area contributed by atoms with Crippen LogP contribution in [0.1, 0.15) is 11.3 Å². The predicted octanol–water partition coefficient (Wildman–Crippen LogP) is 4.25. The molecule has 19 heavy (non-hydrogen) atoms. The average Bonchev–Trinajstić information content (AvgIpc) is 2.26.